The molecule has 0 heterocycles. The van der Waals surface area contributed by atoms with Gasteiger partial charge in [0, 0.05) is 0 Å². The summed E-state index contributed by atoms with van der Waals surface area (Å²) in [5, 5.41) is -1.83. The fourth-order valence-corrected chi connectivity index (χ4v) is 2.15. The van der Waals surface area contributed by atoms with E-state index in [1.165, 1.54) is 0 Å². The van der Waals surface area contributed by atoms with E-state index < -0.39 is 56.9 Å². The maximum absolute atomic E-state index is 14.0. The van der Waals surface area contributed by atoms with Gasteiger partial charge in [-0.05, 0) is 23.2 Å². The Balaban J connectivity index is 2.90. The van der Waals surface area contributed by atoms with E-state index >= 15 is 0 Å². The molecule has 2 rings (SSSR count). The van der Waals surface area contributed by atoms with Crippen LogP contribution >= 0.6 is 11.6 Å². The molecule has 2 aromatic rings. The summed E-state index contributed by atoms with van der Waals surface area (Å²) >= 11 is 4.83. The highest BCUT2D eigenvalue weighted by atomic mass is 35.5. The van der Waals surface area contributed by atoms with Gasteiger partial charge in [0.15, 0.2) is 23.3 Å². The van der Waals surface area contributed by atoms with Gasteiger partial charge < -0.3 is 0 Å². The molecule has 0 saturated heterocycles. The lowest BCUT2D eigenvalue weighted by Crippen LogP contribution is -2.12. The van der Waals surface area contributed by atoms with Gasteiger partial charge in [0.2, 0.25) is 0 Å². The first-order chi connectivity index (χ1) is 10.6. The van der Waals surface area contributed by atoms with Crippen molar-refractivity contribution in [2.24, 2.45) is 0 Å². The second kappa shape index (κ2) is 5.84. The number of alkyl halides is 3. The van der Waals surface area contributed by atoms with E-state index in [0.717, 1.165) is 12.1 Å². The third-order valence-corrected chi connectivity index (χ3v) is 3.15. The van der Waals surface area contributed by atoms with Crippen LogP contribution in [0.1, 0.15) is 15.9 Å². The van der Waals surface area contributed by atoms with Crippen LogP contribution in [-0.2, 0) is 6.18 Å². The van der Waals surface area contributed by atoms with E-state index in [1.54, 1.807) is 0 Å². The van der Waals surface area contributed by atoms with E-state index in [0.29, 0.717) is 12.1 Å². The number of halogens is 8. The average Bonchev–Trinajstić information content (AvgIpc) is 2.45. The Bertz CT molecular complexity index is 769. The van der Waals surface area contributed by atoms with Gasteiger partial charge in [-0.2, -0.15) is 13.2 Å². The third kappa shape index (κ3) is 2.90. The van der Waals surface area contributed by atoms with E-state index in [9.17, 15) is 35.5 Å². The van der Waals surface area contributed by atoms with Crippen LogP contribution in [0.25, 0.3) is 11.1 Å². The molecule has 0 aromatic heterocycles. The molecule has 0 atom stereocenters. The Kier molecular flexibility index (Phi) is 4.39. The van der Waals surface area contributed by atoms with Crippen LogP contribution in [-0.4, -0.2) is 5.24 Å². The van der Waals surface area contributed by atoms with Gasteiger partial charge in [-0.3, -0.25) is 4.79 Å². The Labute approximate surface area is 129 Å². The van der Waals surface area contributed by atoms with E-state index in [-0.39, 0.29) is 0 Å². The second-order valence-corrected chi connectivity index (χ2v) is 4.67. The van der Waals surface area contributed by atoms with Crippen LogP contribution in [0.3, 0.4) is 0 Å². The first kappa shape index (κ1) is 17.3. The van der Waals surface area contributed by atoms with E-state index in [4.69, 9.17) is 11.6 Å². The lowest BCUT2D eigenvalue weighted by Gasteiger charge is -2.15. The molecule has 0 saturated carbocycles. The van der Waals surface area contributed by atoms with Crippen LogP contribution in [0, 0.1) is 23.3 Å². The number of benzene rings is 2. The average molecular weight is 357 g/mol. The van der Waals surface area contributed by atoms with Crippen molar-refractivity contribution in [3.63, 3.8) is 0 Å². The summed E-state index contributed by atoms with van der Waals surface area (Å²) in [6, 6.07) is 3.07. The molecule has 0 aliphatic rings. The Morgan fingerprint density at radius 1 is 0.870 bits per heavy atom. The molecule has 0 unspecified atom stereocenters. The highest BCUT2D eigenvalue weighted by Crippen LogP contribution is 2.40. The number of carbonyl (C=O) groups excluding carboxylic acids is 1. The van der Waals surface area contributed by atoms with Crippen molar-refractivity contribution < 1.29 is 35.5 Å². The summed E-state index contributed by atoms with van der Waals surface area (Å²) < 4.78 is 94.0. The van der Waals surface area contributed by atoms with Crippen molar-refractivity contribution in [2.45, 2.75) is 6.18 Å². The summed E-state index contributed by atoms with van der Waals surface area (Å²) in [5.41, 5.74) is -5.90. The monoisotopic (exact) mass is 356 g/mol. The molecule has 0 spiro atoms. The molecule has 0 fully saturated rings. The molecule has 23 heavy (non-hydrogen) atoms. The maximum Gasteiger partial charge on any atom is 0.417 e. The van der Waals surface area contributed by atoms with E-state index in [2.05, 4.69) is 0 Å². The fourth-order valence-electron chi connectivity index (χ4n) is 1.99. The van der Waals surface area contributed by atoms with Crippen LogP contribution in [0.5, 0.6) is 0 Å². The minimum absolute atomic E-state index is 0.491. The molecule has 0 aliphatic heterocycles. The number of hydrogen-bond donors (Lipinski definition) is 0. The highest BCUT2D eigenvalue weighted by molar-refractivity contribution is 6.67. The zero-order valence-corrected chi connectivity index (χ0v) is 11.5. The van der Waals surface area contributed by atoms with Crippen LogP contribution < -0.4 is 0 Å². The number of carbonyl (C=O) groups is 1. The summed E-state index contributed by atoms with van der Waals surface area (Å²) in [7, 11) is 0. The molecule has 122 valence electrons. The van der Waals surface area contributed by atoms with Gasteiger partial charge in [-0.1, -0.05) is 18.2 Å². The lowest BCUT2D eigenvalue weighted by atomic mass is 9.96. The van der Waals surface area contributed by atoms with Gasteiger partial charge >= 0.3 is 6.18 Å². The van der Waals surface area contributed by atoms with E-state index in [1.807, 2.05) is 0 Å². The lowest BCUT2D eigenvalue weighted by molar-refractivity contribution is -0.137. The topological polar surface area (TPSA) is 17.1 Å². The second-order valence-electron chi connectivity index (χ2n) is 4.32. The molecular formula is C14H4ClF7O. The van der Waals surface area contributed by atoms with Crippen molar-refractivity contribution in [1.29, 1.82) is 0 Å². The standard InChI is InChI=1S/C14H4ClF7O/c15-13(23)8-11(18)9(16)7(10(17)12(8)19)5-3-1-2-4-6(5)14(20,21)22/h1-4H. The number of hydrogen-bond acceptors (Lipinski definition) is 1. The van der Waals surface area contributed by atoms with Crippen molar-refractivity contribution in [1.82, 2.24) is 0 Å². The quantitative estimate of drug-likeness (QED) is 0.405. The predicted molar refractivity (Wildman–Crippen MR) is 66.9 cm³/mol. The zero-order chi connectivity index (χ0) is 17.5. The molecule has 0 aliphatic carbocycles. The minimum Gasteiger partial charge on any atom is -0.275 e. The van der Waals surface area contributed by atoms with Crippen LogP contribution in [0.4, 0.5) is 30.7 Å². The van der Waals surface area contributed by atoms with Crippen molar-refractivity contribution in [2.75, 3.05) is 0 Å². The van der Waals surface area contributed by atoms with Gasteiger partial charge in [-0.25, -0.2) is 17.6 Å². The zero-order valence-electron chi connectivity index (χ0n) is 10.7. The molecule has 9 heteroatoms. The molecule has 1 nitrogen and oxygen atoms in total. The first-order valence-corrected chi connectivity index (χ1v) is 6.17. The fraction of sp³-hybridized carbons (Fsp3) is 0.0714. The normalized spacial score (nSPS) is 11.7. The predicted octanol–water partition coefficient (Wildman–Crippen LogP) is 5.31. The van der Waals surface area contributed by atoms with Crippen molar-refractivity contribution in [3.05, 3.63) is 58.7 Å². The van der Waals surface area contributed by atoms with Gasteiger partial charge in [-0.15, -0.1) is 0 Å². The molecule has 2 aromatic carbocycles. The van der Waals surface area contributed by atoms with Crippen LogP contribution in [0.15, 0.2) is 24.3 Å². The van der Waals surface area contributed by atoms with Crippen LogP contribution in [0.2, 0.25) is 0 Å². The smallest absolute Gasteiger partial charge is 0.275 e. The Hall–Kier alpha value is -2.09. The van der Waals surface area contributed by atoms with Gasteiger partial charge in [0.1, 0.15) is 5.56 Å². The third-order valence-electron chi connectivity index (χ3n) is 2.96. The maximum atomic E-state index is 14.0. The van der Waals surface area contributed by atoms with Gasteiger partial charge in [0.05, 0.1) is 11.1 Å². The summed E-state index contributed by atoms with van der Waals surface area (Å²) in [6.07, 6.45) is -5.02. The SMILES string of the molecule is O=C(Cl)c1c(F)c(F)c(-c2ccccc2C(F)(F)F)c(F)c1F. The summed E-state index contributed by atoms with van der Waals surface area (Å²) in [6.45, 7) is 0. The Morgan fingerprint density at radius 3 is 1.78 bits per heavy atom. The van der Waals surface area contributed by atoms with Gasteiger partial charge in [0.25, 0.3) is 5.24 Å². The summed E-state index contributed by atoms with van der Waals surface area (Å²) in [4.78, 5) is 10.8. The highest BCUT2D eigenvalue weighted by Gasteiger charge is 2.37. The molecular weight excluding hydrogens is 353 g/mol. The largest absolute Gasteiger partial charge is 0.417 e. The molecule has 0 bridgehead atoms. The minimum atomic E-state index is -5.02. The van der Waals surface area contributed by atoms with Crippen molar-refractivity contribution >= 4 is 16.8 Å². The first-order valence-electron chi connectivity index (χ1n) is 5.79. The molecule has 0 amide bonds. The summed E-state index contributed by atoms with van der Waals surface area (Å²) in [5.74, 6) is -8.64. The number of rotatable bonds is 2. The molecule has 0 radical (unpaired) electrons. The Morgan fingerprint density at radius 2 is 1.35 bits per heavy atom. The molecule has 0 N–H and O–H groups in total. The van der Waals surface area contributed by atoms with Crippen molar-refractivity contribution in [3.8, 4) is 11.1 Å².